The molecule has 0 aliphatic carbocycles. The fraction of sp³-hybridized carbons (Fsp3) is 0.0909. The summed E-state index contributed by atoms with van der Waals surface area (Å²) in [7, 11) is 0. The van der Waals surface area contributed by atoms with E-state index in [1.54, 1.807) is 0 Å². The number of hydrogen-bond acceptors (Lipinski definition) is 1. The molecular formula is C11H9IO. The van der Waals surface area contributed by atoms with Crippen LogP contribution in [0.5, 0.6) is 5.75 Å². The lowest BCUT2D eigenvalue weighted by molar-refractivity contribution is 0.718. The Morgan fingerprint density at radius 1 is 1.00 bits per heavy atom. The van der Waals surface area contributed by atoms with Crippen LogP contribution in [0.3, 0.4) is 0 Å². The molecule has 0 amide bonds. The summed E-state index contributed by atoms with van der Waals surface area (Å²) in [6.07, 6.45) is 0. The van der Waals surface area contributed by atoms with Crippen LogP contribution in [-0.4, -0.2) is 0 Å². The first-order chi connectivity index (χ1) is 6.29. The Labute approximate surface area is 91.4 Å². The van der Waals surface area contributed by atoms with Crippen LogP contribution in [0.4, 0.5) is 0 Å². The Hall–Kier alpha value is -0.770. The molecule has 0 aliphatic rings. The minimum Gasteiger partial charge on any atom is -0.428 e. The van der Waals surface area contributed by atoms with Crippen molar-refractivity contribution >= 4 is 33.8 Å². The first kappa shape index (κ1) is 8.81. The van der Waals surface area contributed by atoms with Crippen LogP contribution < -0.4 is 3.07 Å². The fourth-order valence-electron chi connectivity index (χ4n) is 1.39. The van der Waals surface area contributed by atoms with Crippen LogP contribution in [0.1, 0.15) is 5.56 Å². The summed E-state index contributed by atoms with van der Waals surface area (Å²) in [4.78, 5) is 0. The van der Waals surface area contributed by atoms with Gasteiger partial charge in [0, 0.05) is 0 Å². The number of aryl methyl sites for hydroxylation is 1. The van der Waals surface area contributed by atoms with E-state index in [0.717, 1.165) is 5.75 Å². The van der Waals surface area contributed by atoms with Gasteiger partial charge in [-0.25, -0.2) is 0 Å². The predicted molar refractivity (Wildman–Crippen MR) is 63.3 cm³/mol. The van der Waals surface area contributed by atoms with Crippen molar-refractivity contribution in [1.29, 1.82) is 0 Å². The van der Waals surface area contributed by atoms with E-state index in [1.165, 1.54) is 16.3 Å². The fourth-order valence-corrected chi connectivity index (χ4v) is 1.67. The number of rotatable bonds is 1. The smallest absolute Gasteiger partial charge is 0.192 e. The quantitative estimate of drug-likeness (QED) is 0.722. The van der Waals surface area contributed by atoms with Crippen molar-refractivity contribution in [3.05, 3.63) is 42.0 Å². The summed E-state index contributed by atoms with van der Waals surface area (Å²) in [5.74, 6) is 0.900. The molecule has 0 saturated carbocycles. The molecule has 0 bridgehead atoms. The highest BCUT2D eigenvalue weighted by Gasteiger charge is 1.96. The topological polar surface area (TPSA) is 9.23 Å². The highest BCUT2D eigenvalue weighted by Crippen LogP contribution is 2.22. The molecule has 0 unspecified atom stereocenters. The van der Waals surface area contributed by atoms with Crippen LogP contribution in [0.15, 0.2) is 36.4 Å². The lowest BCUT2D eigenvalue weighted by atomic mass is 10.1. The monoisotopic (exact) mass is 284 g/mol. The van der Waals surface area contributed by atoms with Gasteiger partial charge in [-0.3, -0.25) is 0 Å². The van der Waals surface area contributed by atoms with Crippen LogP contribution in [0.2, 0.25) is 0 Å². The summed E-state index contributed by atoms with van der Waals surface area (Å²) in [6.45, 7) is 2.10. The number of benzene rings is 2. The van der Waals surface area contributed by atoms with Gasteiger partial charge in [-0.1, -0.05) is 29.8 Å². The molecule has 2 aromatic rings. The van der Waals surface area contributed by atoms with Gasteiger partial charge in [0.25, 0.3) is 0 Å². The van der Waals surface area contributed by atoms with Crippen molar-refractivity contribution in [3.63, 3.8) is 0 Å². The van der Waals surface area contributed by atoms with Crippen molar-refractivity contribution in [2.45, 2.75) is 6.92 Å². The zero-order valence-electron chi connectivity index (χ0n) is 7.25. The molecule has 0 atom stereocenters. The standard InChI is InChI=1S/C11H9IO/c1-8-2-3-10-7-11(13-12)5-4-9(10)6-8/h2-7H,1H3. The second kappa shape index (κ2) is 3.54. The molecule has 0 spiro atoms. The maximum Gasteiger partial charge on any atom is 0.192 e. The van der Waals surface area contributed by atoms with Gasteiger partial charge in [-0.05, 0) is 29.8 Å². The van der Waals surface area contributed by atoms with Crippen molar-refractivity contribution in [2.75, 3.05) is 0 Å². The van der Waals surface area contributed by atoms with E-state index >= 15 is 0 Å². The van der Waals surface area contributed by atoms with E-state index in [2.05, 4.69) is 31.2 Å². The number of hydrogen-bond donors (Lipinski definition) is 0. The highest BCUT2D eigenvalue weighted by molar-refractivity contribution is 14.1. The molecule has 0 heterocycles. The molecule has 2 heteroatoms. The Bertz CT molecular complexity index is 437. The highest BCUT2D eigenvalue weighted by atomic mass is 127. The van der Waals surface area contributed by atoms with Crippen molar-refractivity contribution in [3.8, 4) is 5.75 Å². The van der Waals surface area contributed by atoms with Crippen LogP contribution in [-0.2, 0) is 0 Å². The third-order valence-electron chi connectivity index (χ3n) is 2.06. The van der Waals surface area contributed by atoms with Gasteiger partial charge in [0.05, 0.1) is 0 Å². The van der Waals surface area contributed by atoms with Gasteiger partial charge in [0.1, 0.15) is 5.75 Å². The lowest BCUT2D eigenvalue weighted by Crippen LogP contribution is -1.77. The van der Waals surface area contributed by atoms with E-state index in [9.17, 15) is 0 Å². The summed E-state index contributed by atoms with van der Waals surface area (Å²) in [5.41, 5.74) is 1.29. The average molecular weight is 284 g/mol. The molecule has 66 valence electrons. The minimum atomic E-state index is 0.900. The van der Waals surface area contributed by atoms with Gasteiger partial charge in [0.15, 0.2) is 23.0 Å². The zero-order valence-corrected chi connectivity index (χ0v) is 9.41. The molecule has 0 aliphatic heterocycles. The maximum absolute atomic E-state index is 5.12. The summed E-state index contributed by atoms with van der Waals surface area (Å²) in [6, 6.07) is 12.5. The Morgan fingerprint density at radius 3 is 2.46 bits per heavy atom. The van der Waals surface area contributed by atoms with E-state index in [1.807, 2.05) is 35.1 Å². The number of halogens is 1. The predicted octanol–water partition coefficient (Wildman–Crippen LogP) is 3.88. The van der Waals surface area contributed by atoms with Crippen molar-refractivity contribution < 1.29 is 3.07 Å². The first-order valence-corrected chi connectivity index (χ1v) is 4.97. The van der Waals surface area contributed by atoms with E-state index in [-0.39, 0.29) is 0 Å². The SMILES string of the molecule is Cc1ccc2cc(OI)ccc2c1. The van der Waals surface area contributed by atoms with Gasteiger partial charge >= 0.3 is 0 Å². The second-order valence-corrected chi connectivity index (χ2v) is 3.53. The van der Waals surface area contributed by atoms with Crippen molar-refractivity contribution in [1.82, 2.24) is 0 Å². The Balaban J connectivity index is 2.66. The zero-order chi connectivity index (χ0) is 9.26. The normalized spacial score (nSPS) is 10.3. The second-order valence-electron chi connectivity index (χ2n) is 3.09. The molecule has 0 N–H and O–H groups in total. The molecule has 13 heavy (non-hydrogen) atoms. The van der Waals surface area contributed by atoms with Crippen LogP contribution in [0.25, 0.3) is 10.8 Å². The molecule has 2 aromatic carbocycles. The van der Waals surface area contributed by atoms with Crippen LogP contribution >= 0.6 is 23.0 Å². The molecule has 0 aromatic heterocycles. The van der Waals surface area contributed by atoms with Gasteiger partial charge < -0.3 is 3.07 Å². The average Bonchev–Trinajstić information content (AvgIpc) is 2.17. The molecule has 0 fully saturated rings. The summed E-state index contributed by atoms with van der Waals surface area (Å²) >= 11 is 1.89. The molecule has 0 radical (unpaired) electrons. The third-order valence-corrected chi connectivity index (χ3v) is 2.56. The van der Waals surface area contributed by atoms with E-state index in [4.69, 9.17) is 3.07 Å². The molecule has 0 saturated heterocycles. The first-order valence-electron chi connectivity index (χ1n) is 4.08. The van der Waals surface area contributed by atoms with Crippen molar-refractivity contribution in [2.24, 2.45) is 0 Å². The maximum atomic E-state index is 5.12. The van der Waals surface area contributed by atoms with Gasteiger partial charge in [0.2, 0.25) is 0 Å². The molecule has 1 nitrogen and oxygen atoms in total. The summed E-state index contributed by atoms with van der Waals surface area (Å²) < 4.78 is 5.12. The largest absolute Gasteiger partial charge is 0.428 e. The van der Waals surface area contributed by atoms with E-state index in [0.29, 0.717) is 0 Å². The molecule has 2 rings (SSSR count). The lowest BCUT2D eigenvalue weighted by Gasteiger charge is -2.01. The van der Waals surface area contributed by atoms with Crippen LogP contribution in [0, 0.1) is 6.92 Å². The number of fused-ring (bicyclic) bond motifs is 1. The summed E-state index contributed by atoms with van der Waals surface area (Å²) in [5, 5.41) is 2.48. The molecular weight excluding hydrogens is 275 g/mol. The van der Waals surface area contributed by atoms with Gasteiger partial charge in [-0.15, -0.1) is 0 Å². The Morgan fingerprint density at radius 2 is 1.69 bits per heavy atom. The Kier molecular flexibility index (Phi) is 2.40. The van der Waals surface area contributed by atoms with E-state index < -0.39 is 0 Å². The van der Waals surface area contributed by atoms with Gasteiger partial charge in [-0.2, -0.15) is 0 Å². The third kappa shape index (κ3) is 1.77. The minimum absolute atomic E-state index is 0.900.